The van der Waals surface area contributed by atoms with Crippen LogP contribution < -0.4 is 0 Å². The molecule has 0 radical (unpaired) electrons. The molecule has 1 saturated carbocycles. The van der Waals surface area contributed by atoms with Gasteiger partial charge in [-0.15, -0.1) is 0 Å². The highest BCUT2D eigenvalue weighted by Crippen LogP contribution is 2.42. The first-order valence-electron chi connectivity index (χ1n) is 3.92. The van der Waals surface area contributed by atoms with Crippen LogP contribution in [-0.2, 0) is 0 Å². The monoisotopic (exact) mass is 181 g/mol. The second-order valence-corrected chi connectivity index (χ2v) is 3.40. The number of nitrogens with zero attached hydrogens (tertiary/aromatic N) is 1. The largest absolute Gasteiger partial charge is 0.298 e. The highest BCUT2D eigenvalue weighted by Gasteiger charge is 2.26. The third-order valence-electron chi connectivity index (χ3n) is 2.04. The molecule has 1 aliphatic rings. The van der Waals surface area contributed by atoms with Gasteiger partial charge in [-0.2, -0.15) is 0 Å². The molecular formula is C9H8ClNO. The van der Waals surface area contributed by atoms with Gasteiger partial charge in [0.2, 0.25) is 0 Å². The lowest BCUT2D eigenvalue weighted by molar-refractivity contribution is 0.112. The predicted molar refractivity (Wildman–Crippen MR) is 46.6 cm³/mol. The minimum absolute atomic E-state index is 0.545. The Labute approximate surface area is 75.6 Å². The third-order valence-corrected chi connectivity index (χ3v) is 2.36. The van der Waals surface area contributed by atoms with Crippen molar-refractivity contribution in [3.8, 4) is 0 Å². The van der Waals surface area contributed by atoms with Crippen molar-refractivity contribution >= 4 is 17.9 Å². The van der Waals surface area contributed by atoms with Crippen molar-refractivity contribution in [1.82, 2.24) is 4.98 Å². The van der Waals surface area contributed by atoms with E-state index in [-0.39, 0.29) is 0 Å². The van der Waals surface area contributed by atoms with E-state index < -0.39 is 0 Å². The highest BCUT2D eigenvalue weighted by atomic mass is 35.5. The van der Waals surface area contributed by atoms with Crippen LogP contribution in [0.1, 0.15) is 34.7 Å². The average molecular weight is 182 g/mol. The Morgan fingerprint density at radius 3 is 2.92 bits per heavy atom. The number of carbonyl (C=O) groups is 1. The van der Waals surface area contributed by atoms with Gasteiger partial charge in [0.15, 0.2) is 6.29 Å². The summed E-state index contributed by atoms with van der Waals surface area (Å²) in [5.74, 6) is 0.546. The van der Waals surface area contributed by atoms with Gasteiger partial charge in [0.25, 0.3) is 0 Å². The minimum Gasteiger partial charge on any atom is -0.298 e. The molecule has 3 heteroatoms. The fourth-order valence-corrected chi connectivity index (χ4v) is 1.48. The fourth-order valence-electron chi connectivity index (χ4n) is 1.23. The topological polar surface area (TPSA) is 30.0 Å². The molecule has 0 aromatic carbocycles. The average Bonchev–Trinajstić information content (AvgIpc) is 2.88. The lowest BCUT2D eigenvalue weighted by Gasteiger charge is -2.00. The van der Waals surface area contributed by atoms with Gasteiger partial charge < -0.3 is 0 Å². The second-order valence-electron chi connectivity index (χ2n) is 3.04. The normalized spacial score (nSPS) is 16.1. The summed E-state index contributed by atoms with van der Waals surface area (Å²) in [4.78, 5) is 14.4. The fraction of sp³-hybridized carbons (Fsp3) is 0.333. The van der Waals surface area contributed by atoms with E-state index in [1.165, 1.54) is 19.0 Å². The molecule has 1 aromatic heterocycles. The second kappa shape index (κ2) is 2.87. The van der Waals surface area contributed by atoms with Gasteiger partial charge in [-0.25, -0.2) is 4.98 Å². The zero-order valence-corrected chi connectivity index (χ0v) is 7.21. The molecule has 1 aliphatic carbocycles. The summed E-state index contributed by atoms with van der Waals surface area (Å²) in [7, 11) is 0. The summed E-state index contributed by atoms with van der Waals surface area (Å²) in [5.41, 5.74) is 1.64. The number of carbonyl (C=O) groups excluding carboxylic acids is 1. The number of hydrogen-bond donors (Lipinski definition) is 0. The van der Waals surface area contributed by atoms with Gasteiger partial charge in [0.1, 0.15) is 5.15 Å². The first kappa shape index (κ1) is 7.74. The van der Waals surface area contributed by atoms with Crippen LogP contribution in [0, 0.1) is 0 Å². The van der Waals surface area contributed by atoms with Gasteiger partial charge in [-0.3, -0.25) is 4.79 Å². The molecule has 0 saturated heterocycles. The van der Waals surface area contributed by atoms with E-state index >= 15 is 0 Å². The molecule has 0 atom stereocenters. The van der Waals surface area contributed by atoms with Crippen molar-refractivity contribution < 1.29 is 4.79 Å². The first-order chi connectivity index (χ1) is 5.81. The summed E-state index contributed by atoms with van der Waals surface area (Å²) in [6.45, 7) is 0. The Morgan fingerprint density at radius 2 is 2.33 bits per heavy atom. The van der Waals surface area contributed by atoms with Gasteiger partial charge in [-0.1, -0.05) is 11.6 Å². The van der Waals surface area contributed by atoms with E-state index in [1.54, 1.807) is 0 Å². The first-order valence-corrected chi connectivity index (χ1v) is 4.29. The van der Waals surface area contributed by atoms with Crippen molar-refractivity contribution in [2.24, 2.45) is 0 Å². The number of aromatic nitrogens is 1. The van der Waals surface area contributed by atoms with Crippen LogP contribution >= 0.6 is 11.6 Å². The summed E-state index contributed by atoms with van der Waals surface area (Å²) >= 11 is 5.86. The molecule has 62 valence electrons. The lowest BCUT2D eigenvalue weighted by Crippen LogP contribution is -1.89. The van der Waals surface area contributed by atoms with Gasteiger partial charge >= 0.3 is 0 Å². The van der Waals surface area contributed by atoms with Crippen molar-refractivity contribution in [3.63, 3.8) is 0 Å². The zero-order chi connectivity index (χ0) is 8.55. The Bertz CT molecular complexity index is 320. The van der Waals surface area contributed by atoms with Gasteiger partial charge in [-0.05, 0) is 30.4 Å². The standard InChI is InChI=1S/C9H8ClNO/c10-9-8(7-1-2-7)3-6(5-12)4-11-9/h3-5,7H,1-2H2. The molecule has 1 fully saturated rings. The van der Waals surface area contributed by atoms with Crippen LogP contribution in [-0.4, -0.2) is 11.3 Å². The van der Waals surface area contributed by atoms with E-state index in [4.69, 9.17) is 11.6 Å². The molecule has 1 heterocycles. The molecule has 0 amide bonds. The maximum absolute atomic E-state index is 10.4. The number of pyridine rings is 1. The molecule has 0 spiro atoms. The molecule has 1 aromatic rings. The van der Waals surface area contributed by atoms with E-state index in [1.807, 2.05) is 6.07 Å². The third kappa shape index (κ3) is 1.34. The summed E-state index contributed by atoms with van der Waals surface area (Å²) in [6.07, 6.45) is 4.64. The Balaban J connectivity index is 2.42. The molecule has 0 unspecified atom stereocenters. The van der Waals surface area contributed by atoms with E-state index in [0.717, 1.165) is 11.8 Å². The number of halogens is 1. The smallest absolute Gasteiger partial charge is 0.151 e. The maximum Gasteiger partial charge on any atom is 0.151 e. The van der Waals surface area contributed by atoms with Crippen LogP contribution in [0.2, 0.25) is 5.15 Å². The Kier molecular flexibility index (Phi) is 1.85. The Hall–Kier alpha value is -0.890. The molecule has 2 nitrogen and oxygen atoms in total. The van der Waals surface area contributed by atoms with Gasteiger partial charge in [0.05, 0.1) is 0 Å². The molecule has 12 heavy (non-hydrogen) atoms. The molecule has 0 N–H and O–H groups in total. The van der Waals surface area contributed by atoms with E-state index in [0.29, 0.717) is 16.6 Å². The lowest BCUT2D eigenvalue weighted by atomic mass is 10.1. The number of rotatable bonds is 2. The summed E-state index contributed by atoms with van der Waals surface area (Å²) in [6, 6.07) is 1.83. The van der Waals surface area contributed by atoms with E-state index in [9.17, 15) is 4.79 Å². The van der Waals surface area contributed by atoms with Crippen molar-refractivity contribution in [3.05, 3.63) is 28.5 Å². The van der Waals surface area contributed by atoms with E-state index in [2.05, 4.69) is 4.98 Å². The van der Waals surface area contributed by atoms with Crippen molar-refractivity contribution in [2.45, 2.75) is 18.8 Å². The van der Waals surface area contributed by atoms with Crippen molar-refractivity contribution in [1.29, 1.82) is 0 Å². The van der Waals surface area contributed by atoms with Gasteiger partial charge in [0, 0.05) is 11.8 Å². The minimum atomic E-state index is 0.545. The molecule has 0 aliphatic heterocycles. The quantitative estimate of drug-likeness (QED) is 0.518. The number of hydrogen-bond acceptors (Lipinski definition) is 2. The van der Waals surface area contributed by atoms with Crippen LogP contribution in [0.3, 0.4) is 0 Å². The van der Waals surface area contributed by atoms with Crippen LogP contribution in [0.4, 0.5) is 0 Å². The summed E-state index contributed by atoms with van der Waals surface area (Å²) in [5, 5.41) is 0.545. The highest BCUT2D eigenvalue weighted by molar-refractivity contribution is 6.30. The number of aldehydes is 1. The van der Waals surface area contributed by atoms with Crippen LogP contribution in [0.25, 0.3) is 0 Å². The Morgan fingerprint density at radius 1 is 1.58 bits per heavy atom. The molecule has 0 bridgehead atoms. The molecular weight excluding hydrogens is 174 g/mol. The zero-order valence-electron chi connectivity index (χ0n) is 6.46. The predicted octanol–water partition coefficient (Wildman–Crippen LogP) is 2.42. The summed E-state index contributed by atoms with van der Waals surface area (Å²) < 4.78 is 0. The molecule has 2 rings (SSSR count). The maximum atomic E-state index is 10.4. The SMILES string of the molecule is O=Cc1cnc(Cl)c(C2CC2)c1. The van der Waals surface area contributed by atoms with Crippen LogP contribution in [0.15, 0.2) is 12.3 Å². The van der Waals surface area contributed by atoms with Crippen molar-refractivity contribution in [2.75, 3.05) is 0 Å². The van der Waals surface area contributed by atoms with Crippen LogP contribution in [0.5, 0.6) is 0 Å².